The van der Waals surface area contributed by atoms with Crippen LogP contribution in [0.1, 0.15) is 20.3 Å². The molecule has 0 radical (unpaired) electrons. The van der Waals surface area contributed by atoms with Crippen LogP contribution in [0.15, 0.2) is 29.2 Å². The molecular formula is C15H24N2O3S. The second-order valence-corrected chi connectivity index (χ2v) is 7.31. The Bertz CT molecular complexity index is 549. The van der Waals surface area contributed by atoms with Crippen LogP contribution in [0.4, 0.5) is 0 Å². The van der Waals surface area contributed by atoms with Gasteiger partial charge in [-0.2, -0.15) is 4.31 Å². The van der Waals surface area contributed by atoms with E-state index in [2.05, 4.69) is 18.7 Å². The molecule has 6 heteroatoms. The molecule has 2 rings (SSSR count). The summed E-state index contributed by atoms with van der Waals surface area (Å²) >= 11 is 0. The molecule has 0 N–H and O–H groups in total. The highest BCUT2D eigenvalue weighted by Gasteiger charge is 2.29. The summed E-state index contributed by atoms with van der Waals surface area (Å²) in [4.78, 5) is 2.68. The Morgan fingerprint density at radius 1 is 1.14 bits per heavy atom. The summed E-state index contributed by atoms with van der Waals surface area (Å²) in [5.74, 6) is 0.663. The van der Waals surface area contributed by atoms with Gasteiger partial charge in [0.15, 0.2) is 0 Å². The molecule has 21 heavy (non-hydrogen) atoms. The molecule has 1 heterocycles. The fraction of sp³-hybridized carbons (Fsp3) is 0.600. The summed E-state index contributed by atoms with van der Waals surface area (Å²) in [7, 11) is -1.82. The van der Waals surface area contributed by atoms with E-state index in [9.17, 15) is 8.42 Å². The summed E-state index contributed by atoms with van der Waals surface area (Å²) < 4.78 is 31.8. The number of ether oxygens (including phenoxy) is 1. The minimum atomic E-state index is -3.39. The predicted octanol–water partition coefficient (Wildman–Crippen LogP) is 1.80. The number of piperazine rings is 1. The van der Waals surface area contributed by atoms with Crippen molar-refractivity contribution in [1.29, 1.82) is 0 Å². The lowest BCUT2D eigenvalue weighted by Crippen LogP contribution is -2.51. The first-order valence-corrected chi connectivity index (χ1v) is 8.81. The zero-order valence-electron chi connectivity index (χ0n) is 12.9. The molecule has 0 amide bonds. The molecule has 0 bridgehead atoms. The molecular weight excluding hydrogens is 288 g/mol. The van der Waals surface area contributed by atoms with Gasteiger partial charge in [-0.3, -0.25) is 4.90 Å². The topological polar surface area (TPSA) is 49.9 Å². The van der Waals surface area contributed by atoms with E-state index < -0.39 is 10.0 Å². The summed E-state index contributed by atoms with van der Waals surface area (Å²) in [6.07, 6.45) is 1.09. The fourth-order valence-corrected chi connectivity index (χ4v) is 3.96. The number of hydrogen-bond acceptors (Lipinski definition) is 4. The van der Waals surface area contributed by atoms with Crippen molar-refractivity contribution in [3.63, 3.8) is 0 Å². The highest BCUT2D eigenvalue weighted by molar-refractivity contribution is 7.89. The van der Waals surface area contributed by atoms with Crippen molar-refractivity contribution in [3.8, 4) is 5.75 Å². The van der Waals surface area contributed by atoms with Crippen LogP contribution < -0.4 is 4.74 Å². The fourth-order valence-electron chi connectivity index (χ4n) is 2.54. The van der Waals surface area contributed by atoms with Crippen LogP contribution in [0, 0.1) is 0 Å². The second-order valence-electron chi connectivity index (χ2n) is 5.37. The van der Waals surface area contributed by atoms with Crippen LogP contribution in [-0.4, -0.2) is 57.0 Å². The molecule has 0 saturated carbocycles. The molecule has 5 nitrogen and oxygen atoms in total. The van der Waals surface area contributed by atoms with Gasteiger partial charge in [-0.15, -0.1) is 0 Å². The van der Waals surface area contributed by atoms with Gasteiger partial charge in [0, 0.05) is 32.2 Å². The number of sulfonamides is 1. The van der Waals surface area contributed by atoms with Crippen LogP contribution in [0.2, 0.25) is 0 Å². The Kier molecular flexibility index (Phi) is 5.24. The summed E-state index contributed by atoms with van der Waals surface area (Å²) in [6, 6.07) is 7.09. The molecule has 1 fully saturated rings. The number of rotatable bonds is 5. The van der Waals surface area contributed by atoms with E-state index in [0.29, 0.717) is 29.8 Å². The smallest absolute Gasteiger partial charge is 0.243 e. The monoisotopic (exact) mass is 312 g/mol. The van der Waals surface area contributed by atoms with Gasteiger partial charge in [-0.25, -0.2) is 8.42 Å². The zero-order chi connectivity index (χ0) is 15.5. The lowest BCUT2D eigenvalue weighted by Gasteiger charge is -2.37. The lowest BCUT2D eigenvalue weighted by molar-refractivity contribution is 0.142. The van der Waals surface area contributed by atoms with Crippen molar-refractivity contribution in [2.24, 2.45) is 0 Å². The Balaban J connectivity index is 2.07. The summed E-state index contributed by atoms with van der Waals surface area (Å²) in [6.45, 7) is 7.05. The average Bonchev–Trinajstić information content (AvgIpc) is 2.54. The molecule has 1 saturated heterocycles. The molecule has 0 aliphatic carbocycles. The third kappa shape index (κ3) is 3.56. The maximum absolute atomic E-state index is 12.6. The van der Waals surface area contributed by atoms with Gasteiger partial charge in [0.05, 0.1) is 12.0 Å². The van der Waals surface area contributed by atoms with Crippen LogP contribution in [-0.2, 0) is 10.0 Å². The van der Waals surface area contributed by atoms with Crippen LogP contribution >= 0.6 is 0 Å². The molecule has 1 aliphatic rings. The van der Waals surface area contributed by atoms with E-state index in [0.717, 1.165) is 19.5 Å². The lowest BCUT2D eigenvalue weighted by atomic mass is 10.2. The van der Waals surface area contributed by atoms with Gasteiger partial charge in [0.1, 0.15) is 5.75 Å². The van der Waals surface area contributed by atoms with Gasteiger partial charge in [-0.05, 0) is 37.6 Å². The predicted molar refractivity (Wildman–Crippen MR) is 83.1 cm³/mol. The Hall–Kier alpha value is -1.11. The van der Waals surface area contributed by atoms with Gasteiger partial charge in [-0.1, -0.05) is 6.92 Å². The number of nitrogens with zero attached hydrogens (tertiary/aromatic N) is 2. The average molecular weight is 312 g/mol. The van der Waals surface area contributed by atoms with Crippen molar-refractivity contribution in [1.82, 2.24) is 9.21 Å². The van der Waals surface area contributed by atoms with Gasteiger partial charge >= 0.3 is 0 Å². The first-order valence-electron chi connectivity index (χ1n) is 7.37. The van der Waals surface area contributed by atoms with Gasteiger partial charge in [0.2, 0.25) is 10.0 Å². The quantitative estimate of drug-likeness (QED) is 0.832. The molecule has 0 spiro atoms. The van der Waals surface area contributed by atoms with Crippen molar-refractivity contribution < 1.29 is 13.2 Å². The van der Waals surface area contributed by atoms with Crippen LogP contribution in [0.5, 0.6) is 5.75 Å². The van der Waals surface area contributed by atoms with Crippen molar-refractivity contribution in [2.45, 2.75) is 31.2 Å². The molecule has 1 aromatic rings. The van der Waals surface area contributed by atoms with Crippen LogP contribution in [0.3, 0.4) is 0 Å². The zero-order valence-corrected chi connectivity index (χ0v) is 13.8. The highest BCUT2D eigenvalue weighted by Crippen LogP contribution is 2.21. The maximum Gasteiger partial charge on any atom is 0.243 e. The maximum atomic E-state index is 12.6. The molecule has 0 aromatic heterocycles. The van der Waals surface area contributed by atoms with E-state index in [1.54, 1.807) is 35.7 Å². The van der Waals surface area contributed by atoms with Crippen molar-refractivity contribution >= 4 is 10.0 Å². The van der Waals surface area contributed by atoms with E-state index >= 15 is 0 Å². The first-order chi connectivity index (χ1) is 9.98. The first kappa shape index (κ1) is 16.3. The minimum Gasteiger partial charge on any atom is -0.497 e. The standard InChI is InChI=1S/C15H24N2O3S/c1-4-13(2)16-9-11-17(12-10-16)21(18,19)15-7-5-14(20-3)6-8-15/h5-8,13H,4,9-12H2,1-3H3/t13-/m1/s1. The summed E-state index contributed by atoms with van der Waals surface area (Å²) in [5.41, 5.74) is 0. The summed E-state index contributed by atoms with van der Waals surface area (Å²) in [5, 5.41) is 0. The molecule has 1 aliphatic heterocycles. The van der Waals surface area contributed by atoms with Gasteiger partial charge < -0.3 is 4.74 Å². The third-order valence-corrected chi connectivity index (χ3v) is 6.10. The van der Waals surface area contributed by atoms with E-state index in [1.165, 1.54) is 0 Å². The van der Waals surface area contributed by atoms with Gasteiger partial charge in [0.25, 0.3) is 0 Å². The van der Waals surface area contributed by atoms with E-state index in [-0.39, 0.29) is 0 Å². The molecule has 1 aromatic carbocycles. The molecule has 118 valence electrons. The third-order valence-electron chi connectivity index (χ3n) is 4.18. The number of hydrogen-bond donors (Lipinski definition) is 0. The number of methoxy groups -OCH3 is 1. The van der Waals surface area contributed by atoms with Crippen molar-refractivity contribution in [2.75, 3.05) is 33.3 Å². The SMILES string of the molecule is CC[C@@H](C)N1CCN(S(=O)(=O)c2ccc(OC)cc2)CC1. The van der Waals surface area contributed by atoms with E-state index in [1.807, 2.05) is 0 Å². The largest absolute Gasteiger partial charge is 0.497 e. The molecule has 0 unspecified atom stereocenters. The number of benzene rings is 1. The Labute approximate surface area is 127 Å². The van der Waals surface area contributed by atoms with Crippen LogP contribution in [0.25, 0.3) is 0 Å². The second kappa shape index (κ2) is 6.77. The molecule has 1 atom stereocenters. The highest BCUT2D eigenvalue weighted by atomic mass is 32.2. The normalized spacial score (nSPS) is 19.4. The van der Waals surface area contributed by atoms with E-state index in [4.69, 9.17) is 4.74 Å². The Morgan fingerprint density at radius 2 is 1.71 bits per heavy atom. The van der Waals surface area contributed by atoms with Crippen molar-refractivity contribution in [3.05, 3.63) is 24.3 Å². The minimum absolute atomic E-state index is 0.334. The Morgan fingerprint density at radius 3 is 2.19 bits per heavy atom.